The maximum Gasteiger partial charge on any atom is 0.435 e. The monoisotopic (exact) mass is 652 g/mol. The van der Waals surface area contributed by atoms with Crippen LogP contribution in [0.15, 0.2) is 30.6 Å². The lowest BCUT2D eigenvalue weighted by atomic mass is 10.1. The van der Waals surface area contributed by atoms with Gasteiger partial charge in [0.15, 0.2) is 11.5 Å². The normalized spacial score (nSPS) is 18.8. The van der Waals surface area contributed by atoms with Gasteiger partial charge in [-0.3, -0.25) is 24.0 Å². The summed E-state index contributed by atoms with van der Waals surface area (Å²) in [5.41, 5.74) is -0.976. The fraction of sp³-hybridized carbons (Fsp3) is 0.407. The standard InChI is InChI=1S/C27H28ClF3N8O6/c1-35-13-17(21(34-35)27(29,30)31)20-11-32-22(36(20)2)23(41)33-14-3-4-16(18(28)9-14)24(42)37-5-7-38(8-6-37)25(43)19-10-15(40)12-39(19)26(44)45/h3-4,9,11,13,15,19,40H,5-8,10,12H2,1-2H3,(H,33,41)(H,44,45)/t15-,19+/m1/s1. The summed E-state index contributed by atoms with van der Waals surface area (Å²) in [4.78, 5) is 58.4. The molecule has 0 bridgehead atoms. The number of nitrogens with one attached hydrogen (secondary N) is 1. The van der Waals surface area contributed by atoms with Crippen LogP contribution in [-0.2, 0) is 25.1 Å². The third-order valence-electron chi connectivity index (χ3n) is 7.71. The van der Waals surface area contributed by atoms with E-state index in [9.17, 15) is 42.6 Å². The highest BCUT2D eigenvalue weighted by Gasteiger charge is 2.42. The number of carbonyl (C=O) groups excluding carboxylic acids is 3. The van der Waals surface area contributed by atoms with Crippen LogP contribution in [0.2, 0.25) is 5.02 Å². The van der Waals surface area contributed by atoms with Crippen molar-refractivity contribution in [3.63, 3.8) is 0 Å². The molecule has 0 radical (unpaired) electrons. The molecule has 0 saturated carbocycles. The fourth-order valence-corrected chi connectivity index (χ4v) is 5.74. The molecule has 2 saturated heterocycles. The number of piperazine rings is 1. The van der Waals surface area contributed by atoms with Crippen LogP contribution in [0, 0.1) is 0 Å². The molecule has 2 atom stereocenters. The van der Waals surface area contributed by atoms with Gasteiger partial charge in [-0.2, -0.15) is 18.3 Å². The molecule has 2 fully saturated rings. The summed E-state index contributed by atoms with van der Waals surface area (Å²) in [5.74, 6) is -1.75. The number of halogens is 4. The average molecular weight is 653 g/mol. The maximum atomic E-state index is 13.5. The second-order valence-electron chi connectivity index (χ2n) is 10.7. The van der Waals surface area contributed by atoms with Crippen molar-refractivity contribution >= 4 is 41.1 Å². The molecular weight excluding hydrogens is 625 g/mol. The van der Waals surface area contributed by atoms with Crippen LogP contribution >= 0.6 is 11.6 Å². The summed E-state index contributed by atoms with van der Waals surface area (Å²) in [7, 11) is 2.74. The van der Waals surface area contributed by atoms with Crippen LogP contribution in [0.5, 0.6) is 0 Å². The molecule has 18 heteroatoms. The van der Waals surface area contributed by atoms with Crippen molar-refractivity contribution in [1.29, 1.82) is 0 Å². The number of alkyl halides is 3. The highest BCUT2D eigenvalue weighted by molar-refractivity contribution is 6.34. The van der Waals surface area contributed by atoms with E-state index < -0.39 is 47.8 Å². The van der Waals surface area contributed by atoms with Crippen molar-refractivity contribution in [3.05, 3.63) is 52.7 Å². The Hall–Kier alpha value is -4.64. The molecule has 45 heavy (non-hydrogen) atoms. The third-order valence-corrected chi connectivity index (χ3v) is 8.02. The Morgan fingerprint density at radius 2 is 1.73 bits per heavy atom. The number of benzene rings is 1. The molecule has 0 spiro atoms. The number of likely N-dealkylation sites (tertiary alicyclic amines) is 1. The number of nitrogens with zero attached hydrogens (tertiary/aromatic N) is 7. The van der Waals surface area contributed by atoms with Crippen molar-refractivity contribution in [1.82, 2.24) is 34.0 Å². The molecule has 2 aliphatic heterocycles. The van der Waals surface area contributed by atoms with E-state index >= 15 is 0 Å². The first-order valence-electron chi connectivity index (χ1n) is 13.6. The van der Waals surface area contributed by atoms with E-state index in [1.165, 1.54) is 52.9 Å². The van der Waals surface area contributed by atoms with Crippen molar-refractivity contribution in [3.8, 4) is 11.3 Å². The molecule has 5 rings (SSSR count). The first-order valence-corrected chi connectivity index (χ1v) is 14.0. The minimum Gasteiger partial charge on any atom is -0.465 e. The Morgan fingerprint density at radius 1 is 1.07 bits per heavy atom. The number of carboxylic acid groups (broad SMARTS) is 1. The Morgan fingerprint density at radius 3 is 2.36 bits per heavy atom. The van der Waals surface area contributed by atoms with Crippen LogP contribution in [0.25, 0.3) is 11.3 Å². The molecule has 3 aromatic rings. The van der Waals surface area contributed by atoms with Gasteiger partial charge < -0.3 is 29.9 Å². The number of rotatable bonds is 5. The minimum absolute atomic E-state index is 0.00752. The van der Waals surface area contributed by atoms with Gasteiger partial charge in [0.2, 0.25) is 5.91 Å². The van der Waals surface area contributed by atoms with Gasteiger partial charge in [-0.05, 0) is 18.2 Å². The molecule has 4 amide bonds. The van der Waals surface area contributed by atoms with E-state index in [0.29, 0.717) is 0 Å². The zero-order valence-corrected chi connectivity index (χ0v) is 24.7. The molecule has 4 heterocycles. The summed E-state index contributed by atoms with van der Waals surface area (Å²) < 4.78 is 42.6. The third kappa shape index (κ3) is 6.30. The van der Waals surface area contributed by atoms with Gasteiger partial charge in [0, 0.05) is 58.6 Å². The van der Waals surface area contributed by atoms with Gasteiger partial charge in [-0.25, -0.2) is 9.78 Å². The SMILES string of the molecule is Cn1cc(-c2cnc(C(=O)Nc3ccc(C(=O)N4CCN(C(=O)[C@@H]5C[C@@H](O)CN5C(=O)O)CC4)c(Cl)c3)n2C)c(C(F)(F)F)n1. The van der Waals surface area contributed by atoms with Crippen molar-refractivity contribution in [2.75, 3.05) is 38.0 Å². The summed E-state index contributed by atoms with van der Waals surface area (Å²) in [6.45, 7) is 0.500. The first-order chi connectivity index (χ1) is 21.1. The van der Waals surface area contributed by atoms with Crippen LogP contribution < -0.4 is 5.32 Å². The van der Waals surface area contributed by atoms with E-state index in [0.717, 1.165) is 15.8 Å². The highest BCUT2D eigenvalue weighted by Crippen LogP contribution is 2.36. The number of anilines is 1. The van der Waals surface area contributed by atoms with Gasteiger partial charge >= 0.3 is 12.3 Å². The van der Waals surface area contributed by atoms with Gasteiger partial charge in [-0.1, -0.05) is 11.6 Å². The van der Waals surface area contributed by atoms with Crippen LogP contribution in [0.1, 0.15) is 33.1 Å². The second-order valence-corrected chi connectivity index (χ2v) is 11.1. The number of imidazole rings is 1. The largest absolute Gasteiger partial charge is 0.465 e. The van der Waals surface area contributed by atoms with E-state index in [-0.39, 0.29) is 72.5 Å². The summed E-state index contributed by atoms with van der Waals surface area (Å²) in [6.07, 6.45) is -4.60. The Bertz CT molecular complexity index is 1670. The predicted molar refractivity (Wildman–Crippen MR) is 151 cm³/mol. The van der Waals surface area contributed by atoms with Crippen LogP contribution in [0.4, 0.5) is 23.7 Å². The zero-order valence-electron chi connectivity index (χ0n) is 24.0. The molecular formula is C27H28ClF3N8O6. The molecule has 1 aromatic carbocycles. The minimum atomic E-state index is -4.71. The fourth-order valence-electron chi connectivity index (χ4n) is 5.48. The van der Waals surface area contributed by atoms with Gasteiger partial charge in [0.05, 0.1) is 40.7 Å². The lowest BCUT2D eigenvalue weighted by molar-refractivity contribution is -0.141. The van der Waals surface area contributed by atoms with Gasteiger partial charge in [0.1, 0.15) is 6.04 Å². The van der Waals surface area contributed by atoms with Crippen LogP contribution in [0.3, 0.4) is 0 Å². The number of hydrogen-bond acceptors (Lipinski definition) is 7. The number of amides is 4. The topological polar surface area (TPSA) is 166 Å². The quantitative estimate of drug-likeness (QED) is 0.377. The molecule has 2 aromatic heterocycles. The molecule has 240 valence electrons. The molecule has 3 N–H and O–H groups in total. The summed E-state index contributed by atoms with van der Waals surface area (Å²) >= 11 is 6.39. The first kappa shape index (κ1) is 31.8. The lowest BCUT2D eigenvalue weighted by Crippen LogP contribution is -2.55. The lowest BCUT2D eigenvalue weighted by Gasteiger charge is -2.37. The smallest absolute Gasteiger partial charge is 0.435 e. The number of aryl methyl sites for hydroxylation is 1. The number of aliphatic hydroxyl groups excluding tert-OH is 1. The molecule has 0 aliphatic carbocycles. The Labute approximate surface area is 258 Å². The second kappa shape index (κ2) is 12.0. The number of aliphatic hydroxyl groups is 1. The van der Waals surface area contributed by atoms with Crippen molar-refractivity contribution < 1.29 is 42.6 Å². The van der Waals surface area contributed by atoms with E-state index in [2.05, 4.69) is 15.4 Å². The number of aromatic nitrogens is 4. The zero-order chi connectivity index (χ0) is 32.8. The molecule has 14 nitrogen and oxygen atoms in total. The molecule has 2 aliphatic rings. The van der Waals surface area contributed by atoms with E-state index in [1.807, 2.05) is 0 Å². The molecule has 0 unspecified atom stereocenters. The van der Waals surface area contributed by atoms with Gasteiger partial charge in [0.25, 0.3) is 11.8 Å². The van der Waals surface area contributed by atoms with E-state index in [4.69, 9.17) is 11.6 Å². The summed E-state index contributed by atoms with van der Waals surface area (Å²) in [6, 6.07) is 3.22. The highest BCUT2D eigenvalue weighted by atomic mass is 35.5. The number of carbonyl (C=O) groups is 4. The Kier molecular flexibility index (Phi) is 8.50. The van der Waals surface area contributed by atoms with Crippen molar-refractivity contribution in [2.45, 2.75) is 24.7 Å². The maximum absolute atomic E-state index is 13.5. The number of β-amino-alcohol motifs (C(OH)–C–C–N with tert-alkyl or cyclic N) is 1. The Balaban J connectivity index is 1.22. The summed E-state index contributed by atoms with van der Waals surface area (Å²) in [5, 5.41) is 25.3. The van der Waals surface area contributed by atoms with E-state index in [1.54, 1.807) is 0 Å². The van der Waals surface area contributed by atoms with Crippen LogP contribution in [-0.4, -0.2) is 113 Å². The van der Waals surface area contributed by atoms with Crippen molar-refractivity contribution in [2.24, 2.45) is 14.1 Å². The predicted octanol–water partition coefficient (Wildman–Crippen LogP) is 2.14. The number of hydrogen-bond donors (Lipinski definition) is 3. The average Bonchev–Trinajstić information content (AvgIpc) is 3.68. The van der Waals surface area contributed by atoms with Gasteiger partial charge in [-0.15, -0.1) is 0 Å².